The standard InChI is InChI=1S/C20H37N2OS/c1-19(2,3)17-20(4,5)24(23)21(6)14-15-22(7,8)16-18-12-10-9-11-13-18/h9-13H,14-17H2,1-8H3/q+1. The lowest BCUT2D eigenvalue weighted by Crippen LogP contribution is -2.47. The third-order valence-electron chi connectivity index (χ3n) is 4.19. The zero-order valence-corrected chi connectivity index (χ0v) is 17.7. The fourth-order valence-corrected chi connectivity index (χ4v) is 5.06. The predicted octanol–water partition coefficient (Wildman–Crippen LogP) is 4.07. The van der Waals surface area contributed by atoms with E-state index >= 15 is 0 Å². The zero-order chi connectivity index (χ0) is 18.6. The van der Waals surface area contributed by atoms with E-state index in [4.69, 9.17) is 0 Å². The van der Waals surface area contributed by atoms with E-state index in [1.165, 1.54) is 5.56 Å². The molecule has 1 aromatic carbocycles. The van der Waals surface area contributed by atoms with Gasteiger partial charge < -0.3 is 4.48 Å². The monoisotopic (exact) mass is 353 g/mol. The molecule has 24 heavy (non-hydrogen) atoms. The second-order valence-corrected chi connectivity index (χ2v) is 11.6. The molecule has 0 aromatic heterocycles. The summed E-state index contributed by atoms with van der Waals surface area (Å²) in [6.45, 7) is 13.7. The van der Waals surface area contributed by atoms with Crippen LogP contribution >= 0.6 is 0 Å². The summed E-state index contributed by atoms with van der Waals surface area (Å²) in [5, 5.41) is 0. The normalized spacial score (nSPS) is 14.9. The number of quaternary nitrogens is 1. The van der Waals surface area contributed by atoms with Crippen molar-refractivity contribution < 1.29 is 8.69 Å². The first kappa shape index (κ1) is 21.3. The van der Waals surface area contributed by atoms with E-state index in [0.717, 1.165) is 30.5 Å². The molecule has 0 bridgehead atoms. The Kier molecular flexibility index (Phi) is 7.21. The van der Waals surface area contributed by atoms with Crippen LogP contribution in [-0.2, 0) is 17.5 Å². The van der Waals surface area contributed by atoms with Gasteiger partial charge in [0.15, 0.2) is 0 Å². The van der Waals surface area contributed by atoms with Gasteiger partial charge in [0.2, 0.25) is 0 Å². The second-order valence-electron chi connectivity index (χ2n) is 9.40. The lowest BCUT2D eigenvalue weighted by molar-refractivity contribution is -0.902. The minimum Gasteiger partial charge on any atom is -0.324 e. The van der Waals surface area contributed by atoms with Gasteiger partial charge in [-0.25, -0.2) is 8.51 Å². The molecular weight excluding hydrogens is 316 g/mol. The van der Waals surface area contributed by atoms with Crippen molar-refractivity contribution in [1.82, 2.24) is 4.31 Å². The molecule has 138 valence electrons. The van der Waals surface area contributed by atoms with Gasteiger partial charge in [-0.1, -0.05) is 51.1 Å². The highest BCUT2D eigenvalue weighted by atomic mass is 32.2. The van der Waals surface area contributed by atoms with Crippen molar-refractivity contribution in [2.24, 2.45) is 5.41 Å². The lowest BCUT2D eigenvalue weighted by atomic mass is 9.86. The van der Waals surface area contributed by atoms with Crippen molar-refractivity contribution in [2.75, 3.05) is 34.2 Å². The van der Waals surface area contributed by atoms with Crippen LogP contribution in [0.5, 0.6) is 0 Å². The molecule has 0 fully saturated rings. The molecule has 1 aromatic rings. The summed E-state index contributed by atoms with van der Waals surface area (Å²) in [4.78, 5) is 0. The van der Waals surface area contributed by atoms with E-state index in [-0.39, 0.29) is 10.2 Å². The Bertz CT molecular complexity index is 532. The maximum atomic E-state index is 12.9. The minimum atomic E-state index is -0.979. The number of hydrogen-bond acceptors (Lipinski definition) is 1. The van der Waals surface area contributed by atoms with Crippen molar-refractivity contribution in [2.45, 2.75) is 52.3 Å². The number of nitrogens with zero attached hydrogens (tertiary/aromatic N) is 2. The van der Waals surface area contributed by atoms with Crippen LogP contribution in [0.2, 0.25) is 0 Å². The summed E-state index contributed by atoms with van der Waals surface area (Å²) < 4.78 is 15.7. The smallest absolute Gasteiger partial charge is 0.104 e. The van der Waals surface area contributed by atoms with Crippen molar-refractivity contribution in [1.29, 1.82) is 0 Å². The molecule has 0 saturated heterocycles. The summed E-state index contributed by atoms with van der Waals surface area (Å²) in [5.41, 5.74) is 1.53. The Morgan fingerprint density at radius 1 is 1.04 bits per heavy atom. The van der Waals surface area contributed by atoms with Crippen molar-refractivity contribution in [3.8, 4) is 0 Å². The number of hydrogen-bond donors (Lipinski definition) is 0. The molecule has 1 unspecified atom stereocenters. The largest absolute Gasteiger partial charge is 0.324 e. The van der Waals surface area contributed by atoms with E-state index in [1.807, 2.05) is 11.4 Å². The van der Waals surface area contributed by atoms with Crippen LogP contribution in [0.15, 0.2) is 30.3 Å². The van der Waals surface area contributed by atoms with E-state index in [2.05, 4.69) is 79.0 Å². The predicted molar refractivity (Wildman–Crippen MR) is 106 cm³/mol. The first-order valence-electron chi connectivity index (χ1n) is 8.82. The van der Waals surface area contributed by atoms with Crippen LogP contribution in [0.25, 0.3) is 0 Å². The highest BCUT2D eigenvalue weighted by Gasteiger charge is 2.34. The van der Waals surface area contributed by atoms with Crippen LogP contribution in [-0.4, -0.2) is 52.0 Å². The Balaban J connectivity index is 2.60. The highest BCUT2D eigenvalue weighted by molar-refractivity contribution is 7.84. The fourth-order valence-electron chi connectivity index (χ4n) is 3.41. The van der Waals surface area contributed by atoms with Crippen molar-refractivity contribution in [3.05, 3.63) is 35.9 Å². The van der Waals surface area contributed by atoms with Crippen molar-refractivity contribution >= 4 is 11.0 Å². The molecule has 1 atom stereocenters. The van der Waals surface area contributed by atoms with Gasteiger partial charge in [0.25, 0.3) is 0 Å². The summed E-state index contributed by atoms with van der Waals surface area (Å²) in [6, 6.07) is 10.6. The first-order chi connectivity index (χ1) is 10.8. The van der Waals surface area contributed by atoms with E-state index in [9.17, 15) is 4.21 Å². The van der Waals surface area contributed by atoms with Crippen LogP contribution in [0.4, 0.5) is 0 Å². The number of rotatable bonds is 8. The average molecular weight is 354 g/mol. The molecule has 3 nitrogen and oxygen atoms in total. The van der Waals surface area contributed by atoms with E-state index < -0.39 is 11.0 Å². The van der Waals surface area contributed by atoms with Gasteiger partial charge in [-0.3, -0.25) is 0 Å². The summed E-state index contributed by atoms with van der Waals surface area (Å²) in [6.07, 6.45) is 0.944. The molecule has 0 spiro atoms. The van der Waals surface area contributed by atoms with Gasteiger partial charge in [0.1, 0.15) is 6.54 Å². The third-order valence-corrected chi connectivity index (χ3v) is 6.02. The van der Waals surface area contributed by atoms with Crippen LogP contribution in [0.1, 0.15) is 46.6 Å². The number of benzene rings is 1. The molecule has 4 heteroatoms. The first-order valence-corrected chi connectivity index (χ1v) is 9.92. The van der Waals surface area contributed by atoms with Gasteiger partial charge in [0.05, 0.1) is 42.9 Å². The zero-order valence-electron chi connectivity index (χ0n) is 16.9. The second kappa shape index (κ2) is 8.11. The quantitative estimate of drug-likeness (QED) is 0.645. The molecule has 0 aliphatic heterocycles. The Morgan fingerprint density at radius 3 is 2.08 bits per heavy atom. The molecule has 0 saturated carbocycles. The summed E-state index contributed by atoms with van der Waals surface area (Å²) in [7, 11) is 5.49. The van der Waals surface area contributed by atoms with E-state index in [1.54, 1.807) is 0 Å². The minimum absolute atomic E-state index is 0.183. The molecule has 0 N–H and O–H groups in total. The average Bonchev–Trinajstić information content (AvgIpc) is 2.42. The van der Waals surface area contributed by atoms with Gasteiger partial charge >= 0.3 is 0 Å². The lowest BCUT2D eigenvalue weighted by Gasteiger charge is -2.36. The maximum Gasteiger partial charge on any atom is 0.104 e. The van der Waals surface area contributed by atoms with Crippen LogP contribution in [0, 0.1) is 5.41 Å². The van der Waals surface area contributed by atoms with Crippen molar-refractivity contribution in [3.63, 3.8) is 0 Å². The van der Waals surface area contributed by atoms with Gasteiger partial charge in [0, 0.05) is 12.6 Å². The summed E-state index contributed by atoms with van der Waals surface area (Å²) >= 11 is 0. The molecule has 0 aliphatic rings. The van der Waals surface area contributed by atoms with Crippen LogP contribution < -0.4 is 0 Å². The van der Waals surface area contributed by atoms with Gasteiger partial charge in [-0.2, -0.15) is 0 Å². The molecule has 0 radical (unpaired) electrons. The third kappa shape index (κ3) is 7.45. The topological polar surface area (TPSA) is 20.3 Å². The maximum absolute atomic E-state index is 12.9. The highest BCUT2D eigenvalue weighted by Crippen LogP contribution is 2.31. The Labute approximate surface area is 152 Å². The molecule has 1 rings (SSSR count). The number of likely N-dealkylation sites (N-methyl/N-ethyl adjacent to an activating group) is 2. The van der Waals surface area contributed by atoms with E-state index in [0.29, 0.717) is 0 Å². The van der Waals surface area contributed by atoms with Crippen LogP contribution in [0.3, 0.4) is 0 Å². The molecular formula is C20H37N2OS+. The van der Waals surface area contributed by atoms with Gasteiger partial charge in [-0.15, -0.1) is 0 Å². The van der Waals surface area contributed by atoms with Gasteiger partial charge in [-0.05, 0) is 25.7 Å². The molecule has 0 amide bonds. The SMILES string of the molecule is CN(CC[N+](C)(C)Cc1ccccc1)S(=O)C(C)(C)CC(C)(C)C. The summed E-state index contributed by atoms with van der Waals surface area (Å²) in [5.74, 6) is 0. The fraction of sp³-hybridized carbons (Fsp3) is 0.700. The molecule has 0 aliphatic carbocycles. The molecule has 0 heterocycles. The Hall–Kier alpha value is -0.710. The Morgan fingerprint density at radius 2 is 1.58 bits per heavy atom.